The molecule has 0 heterocycles. The maximum absolute atomic E-state index is 13.1. The smallest absolute Gasteiger partial charge is 0.231 e. The largest absolute Gasteiger partial charge is 0.325 e. The minimum atomic E-state index is -1.55. The molecule has 1 aromatic carbocycles. The standard InChI is InChI=1S/C17H22F3NOS/c1-5-6-11(3)23-12(4)7-10(2)17(22)21-13-8-14(18)16(20)15(19)9-13/h7-11H,5-6H2,1-4H3,(H,21,22)/b12-7+. The van der Waals surface area contributed by atoms with E-state index in [1.165, 1.54) is 0 Å². The Labute approximate surface area is 139 Å². The van der Waals surface area contributed by atoms with Gasteiger partial charge in [-0.2, -0.15) is 0 Å². The van der Waals surface area contributed by atoms with Crippen LogP contribution in [0.15, 0.2) is 23.1 Å². The molecule has 128 valence electrons. The summed E-state index contributed by atoms with van der Waals surface area (Å²) in [4.78, 5) is 13.1. The first kappa shape index (κ1) is 19.6. The number of nitrogens with one attached hydrogen (secondary N) is 1. The number of hydrogen-bond acceptors (Lipinski definition) is 2. The molecule has 2 atom stereocenters. The highest BCUT2D eigenvalue weighted by atomic mass is 32.2. The summed E-state index contributed by atoms with van der Waals surface area (Å²) in [7, 11) is 0. The Kier molecular flexibility index (Phi) is 7.68. The number of carbonyl (C=O) groups excluding carboxylic acids is 1. The minimum Gasteiger partial charge on any atom is -0.325 e. The summed E-state index contributed by atoms with van der Waals surface area (Å²) in [6, 6.07) is 1.52. The lowest BCUT2D eigenvalue weighted by molar-refractivity contribution is -0.118. The van der Waals surface area contributed by atoms with Crippen molar-refractivity contribution in [1.82, 2.24) is 0 Å². The molecule has 0 fully saturated rings. The molecule has 0 aliphatic carbocycles. The van der Waals surface area contributed by atoms with Gasteiger partial charge in [-0.25, -0.2) is 13.2 Å². The number of thioether (sulfide) groups is 1. The van der Waals surface area contributed by atoms with Gasteiger partial charge in [-0.15, -0.1) is 11.8 Å². The van der Waals surface area contributed by atoms with Crippen molar-refractivity contribution in [1.29, 1.82) is 0 Å². The molecule has 1 N–H and O–H groups in total. The van der Waals surface area contributed by atoms with E-state index < -0.39 is 29.3 Å². The zero-order valence-electron chi connectivity index (χ0n) is 13.8. The molecule has 0 aliphatic rings. The first-order valence-corrected chi connectivity index (χ1v) is 8.43. The molecule has 2 nitrogen and oxygen atoms in total. The fraction of sp³-hybridized carbons (Fsp3) is 0.471. The molecule has 0 spiro atoms. The van der Waals surface area contributed by atoms with Crippen LogP contribution in [0.5, 0.6) is 0 Å². The van der Waals surface area contributed by atoms with E-state index in [0.717, 1.165) is 29.9 Å². The van der Waals surface area contributed by atoms with Crippen molar-refractivity contribution in [3.8, 4) is 0 Å². The van der Waals surface area contributed by atoms with Crippen molar-refractivity contribution in [2.45, 2.75) is 45.8 Å². The molecule has 0 radical (unpaired) electrons. The van der Waals surface area contributed by atoms with Gasteiger partial charge in [0, 0.05) is 23.1 Å². The van der Waals surface area contributed by atoms with Crippen molar-refractivity contribution in [3.63, 3.8) is 0 Å². The molecule has 0 aliphatic heterocycles. The summed E-state index contributed by atoms with van der Waals surface area (Å²) in [6.07, 6.45) is 3.99. The number of halogens is 3. The van der Waals surface area contributed by atoms with Gasteiger partial charge in [0.1, 0.15) is 0 Å². The van der Waals surface area contributed by atoms with E-state index in [1.54, 1.807) is 18.7 Å². The number of anilines is 1. The first-order chi connectivity index (χ1) is 10.7. The van der Waals surface area contributed by atoms with Crippen LogP contribution in [-0.2, 0) is 4.79 Å². The molecule has 0 saturated heterocycles. The molecule has 2 unspecified atom stereocenters. The molecular formula is C17H22F3NOS. The Morgan fingerprint density at radius 3 is 2.35 bits per heavy atom. The SMILES string of the molecule is CCCC(C)S/C(C)=C/C(C)C(=O)Nc1cc(F)c(F)c(F)c1. The molecule has 0 bridgehead atoms. The normalized spacial score (nSPS) is 14.5. The zero-order valence-corrected chi connectivity index (χ0v) is 14.6. The lowest BCUT2D eigenvalue weighted by Gasteiger charge is -2.13. The number of benzene rings is 1. The predicted octanol–water partition coefficient (Wildman–Crippen LogP) is 5.50. The molecule has 6 heteroatoms. The van der Waals surface area contributed by atoms with Gasteiger partial charge in [0.05, 0.1) is 5.92 Å². The highest BCUT2D eigenvalue weighted by molar-refractivity contribution is 8.03. The number of rotatable bonds is 7. The molecule has 0 aromatic heterocycles. The topological polar surface area (TPSA) is 29.1 Å². The van der Waals surface area contributed by atoms with Crippen LogP contribution in [0.2, 0.25) is 0 Å². The first-order valence-electron chi connectivity index (χ1n) is 7.55. The quantitative estimate of drug-likeness (QED) is 0.661. The molecule has 1 rings (SSSR count). The summed E-state index contributed by atoms with van der Waals surface area (Å²) in [5.41, 5.74) is -0.101. The van der Waals surface area contributed by atoms with Crippen LogP contribution in [-0.4, -0.2) is 11.2 Å². The van der Waals surface area contributed by atoms with Crippen molar-refractivity contribution >= 4 is 23.4 Å². The van der Waals surface area contributed by atoms with E-state index in [4.69, 9.17) is 0 Å². The van der Waals surface area contributed by atoms with E-state index in [9.17, 15) is 18.0 Å². The molecule has 1 aromatic rings. The fourth-order valence-electron chi connectivity index (χ4n) is 2.13. The van der Waals surface area contributed by atoms with Gasteiger partial charge in [0.15, 0.2) is 17.5 Å². The third-order valence-electron chi connectivity index (χ3n) is 3.23. The average molecular weight is 345 g/mol. The van der Waals surface area contributed by atoms with Gasteiger partial charge >= 0.3 is 0 Å². The maximum Gasteiger partial charge on any atom is 0.231 e. The van der Waals surface area contributed by atoms with Crippen LogP contribution >= 0.6 is 11.8 Å². The van der Waals surface area contributed by atoms with Crippen molar-refractivity contribution < 1.29 is 18.0 Å². The Hall–Kier alpha value is -1.43. The summed E-state index contributed by atoms with van der Waals surface area (Å²) in [5, 5.41) is 2.86. The second-order valence-electron chi connectivity index (χ2n) is 5.53. The second kappa shape index (κ2) is 9.01. The monoisotopic (exact) mass is 345 g/mol. The number of hydrogen-bond donors (Lipinski definition) is 1. The van der Waals surface area contributed by atoms with E-state index in [1.807, 2.05) is 13.0 Å². The highest BCUT2D eigenvalue weighted by Crippen LogP contribution is 2.26. The van der Waals surface area contributed by atoms with Crippen LogP contribution in [0.4, 0.5) is 18.9 Å². The highest BCUT2D eigenvalue weighted by Gasteiger charge is 2.15. The van der Waals surface area contributed by atoms with Crippen LogP contribution in [0, 0.1) is 23.4 Å². The van der Waals surface area contributed by atoms with Gasteiger partial charge < -0.3 is 5.32 Å². The number of carbonyl (C=O) groups is 1. The van der Waals surface area contributed by atoms with Gasteiger partial charge in [0.2, 0.25) is 5.91 Å². The second-order valence-corrected chi connectivity index (χ2v) is 7.21. The van der Waals surface area contributed by atoms with Gasteiger partial charge in [-0.3, -0.25) is 4.79 Å². The van der Waals surface area contributed by atoms with E-state index >= 15 is 0 Å². The Bertz CT molecular complexity index is 566. The fourth-order valence-corrected chi connectivity index (χ4v) is 3.40. The average Bonchev–Trinajstić information content (AvgIpc) is 2.44. The summed E-state index contributed by atoms with van der Waals surface area (Å²) in [6.45, 7) is 7.87. The lowest BCUT2D eigenvalue weighted by Crippen LogP contribution is -2.19. The predicted molar refractivity (Wildman–Crippen MR) is 89.8 cm³/mol. The zero-order chi connectivity index (χ0) is 17.6. The molecule has 1 amide bonds. The third-order valence-corrected chi connectivity index (χ3v) is 4.38. The van der Waals surface area contributed by atoms with E-state index in [2.05, 4.69) is 19.2 Å². The van der Waals surface area contributed by atoms with Gasteiger partial charge in [-0.05, 0) is 18.2 Å². The third kappa shape index (κ3) is 6.29. The van der Waals surface area contributed by atoms with Gasteiger partial charge in [-0.1, -0.05) is 33.3 Å². The summed E-state index contributed by atoms with van der Waals surface area (Å²) in [5.74, 6) is -5.08. The Balaban J connectivity index is 2.70. The number of amides is 1. The van der Waals surface area contributed by atoms with E-state index in [-0.39, 0.29) is 5.69 Å². The van der Waals surface area contributed by atoms with Crippen LogP contribution < -0.4 is 5.32 Å². The maximum atomic E-state index is 13.1. The van der Waals surface area contributed by atoms with Crippen molar-refractivity contribution in [2.75, 3.05) is 5.32 Å². The molecular weight excluding hydrogens is 323 g/mol. The Morgan fingerprint density at radius 1 is 1.26 bits per heavy atom. The van der Waals surface area contributed by atoms with Crippen LogP contribution in [0.25, 0.3) is 0 Å². The van der Waals surface area contributed by atoms with Crippen LogP contribution in [0.1, 0.15) is 40.5 Å². The van der Waals surface area contributed by atoms with Crippen molar-refractivity contribution in [2.24, 2.45) is 5.92 Å². The minimum absolute atomic E-state index is 0.101. The molecule has 0 saturated carbocycles. The van der Waals surface area contributed by atoms with Gasteiger partial charge in [0.25, 0.3) is 0 Å². The molecule has 23 heavy (non-hydrogen) atoms. The van der Waals surface area contributed by atoms with Crippen LogP contribution in [0.3, 0.4) is 0 Å². The number of allylic oxidation sites excluding steroid dienone is 1. The summed E-state index contributed by atoms with van der Waals surface area (Å²) >= 11 is 1.69. The Morgan fingerprint density at radius 2 is 1.83 bits per heavy atom. The van der Waals surface area contributed by atoms with E-state index in [0.29, 0.717) is 5.25 Å². The summed E-state index contributed by atoms with van der Waals surface area (Å²) < 4.78 is 39.2. The van der Waals surface area contributed by atoms with Crippen molar-refractivity contribution in [3.05, 3.63) is 40.6 Å². The lowest BCUT2D eigenvalue weighted by atomic mass is 10.1.